The molecule has 0 saturated heterocycles. The standard InChI is InChI=1S/C77H126O6/c1-4-7-10-13-16-19-22-25-27-29-31-33-34-35-36-37-38-39-40-41-42-44-45-47-49-52-55-58-61-64-67-70-76(79)82-73-74(72-81-75(78)69-66-63-60-57-54-51-24-21-18-15-12-9-6-3)83-77(80)71-68-65-62-59-56-53-50-48-46-43-32-30-28-26-23-20-17-14-11-8-5-2/h7-8,10-11,16-17,19-20,25-28,31-33,35-36,38-39,41-43,48,50,74H,4-6,9,12-15,18,21-24,29-30,34,37,40,44-47,49,51-73H2,1-3H3/b10-7-,11-8-,19-16-,20-17-,27-25-,28-26-,33-31-,36-35-,39-38-,42-41-,43-32-,50-48-. The Labute approximate surface area is 512 Å². The van der Waals surface area contributed by atoms with Crippen molar-refractivity contribution in [2.45, 2.75) is 309 Å². The van der Waals surface area contributed by atoms with E-state index in [4.69, 9.17) is 14.2 Å². The molecule has 0 fully saturated rings. The first-order chi connectivity index (χ1) is 41.0. The van der Waals surface area contributed by atoms with Crippen molar-refractivity contribution in [2.24, 2.45) is 0 Å². The minimum absolute atomic E-state index is 0.0894. The summed E-state index contributed by atoms with van der Waals surface area (Å²) in [6, 6.07) is 0. The molecule has 0 amide bonds. The largest absolute Gasteiger partial charge is 0.462 e. The number of esters is 3. The zero-order valence-corrected chi connectivity index (χ0v) is 53.9. The summed E-state index contributed by atoms with van der Waals surface area (Å²) in [7, 11) is 0. The molecule has 0 aliphatic heterocycles. The lowest BCUT2D eigenvalue weighted by Gasteiger charge is -2.18. The number of hydrogen-bond donors (Lipinski definition) is 0. The predicted octanol–water partition coefficient (Wildman–Crippen LogP) is 23.9. The number of carbonyl (C=O) groups excluding carboxylic acids is 3. The van der Waals surface area contributed by atoms with Crippen LogP contribution in [0.1, 0.15) is 303 Å². The van der Waals surface area contributed by atoms with Crippen LogP contribution in [0.3, 0.4) is 0 Å². The van der Waals surface area contributed by atoms with Crippen LogP contribution in [-0.4, -0.2) is 37.2 Å². The zero-order valence-electron chi connectivity index (χ0n) is 53.9. The molecular weight excluding hydrogens is 1020 g/mol. The highest BCUT2D eigenvalue weighted by Gasteiger charge is 2.19. The second kappa shape index (κ2) is 69.8. The second-order valence-corrected chi connectivity index (χ2v) is 22.3. The molecule has 0 N–H and O–H groups in total. The average molecular weight is 1150 g/mol. The molecule has 0 aliphatic rings. The van der Waals surface area contributed by atoms with Gasteiger partial charge in [-0.3, -0.25) is 14.4 Å². The quantitative estimate of drug-likeness (QED) is 0.0261. The molecule has 0 aromatic rings. The van der Waals surface area contributed by atoms with E-state index in [2.05, 4.69) is 167 Å². The Morgan fingerprint density at radius 2 is 0.470 bits per heavy atom. The molecular formula is C77H126O6. The number of unbranched alkanes of at least 4 members (excludes halogenated alkanes) is 26. The second-order valence-electron chi connectivity index (χ2n) is 22.3. The lowest BCUT2D eigenvalue weighted by molar-refractivity contribution is -0.167. The molecule has 1 atom stereocenters. The minimum Gasteiger partial charge on any atom is -0.462 e. The van der Waals surface area contributed by atoms with Gasteiger partial charge in [0.25, 0.3) is 0 Å². The summed E-state index contributed by atoms with van der Waals surface area (Å²) in [5.41, 5.74) is 0. The predicted molar refractivity (Wildman–Crippen MR) is 362 cm³/mol. The summed E-state index contributed by atoms with van der Waals surface area (Å²) >= 11 is 0. The fourth-order valence-electron chi connectivity index (χ4n) is 9.27. The van der Waals surface area contributed by atoms with Gasteiger partial charge in [-0.15, -0.1) is 0 Å². The van der Waals surface area contributed by atoms with Crippen LogP contribution in [0.25, 0.3) is 0 Å². The number of carbonyl (C=O) groups is 3. The first-order valence-electron chi connectivity index (χ1n) is 34.3. The van der Waals surface area contributed by atoms with E-state index in [0.717, 1.165) is 161 Å². The third-order valence-corrected chi connectivity index (χ3v) is 14.3. The first kappa shape index (κ1) is 78.3. The van der Waals surface area contributed by atoms with Crippen molar-refractivity contribution in [3.8, 4) is 0 Å². The van der Waals surface area contributed by atoms with Crippen LogP contribution in [0, 0.1) is 0 Å². The van der Waals surface area contributed by atoms with E-state index in [9.17, 15) is 14.4 Å². The van der Waals surface area contributed by atoms with Crippen molar-refractivity contribution < 1.29 is 28.6 Å². The third-order valence-electron chi connectivity index (χ3n) is 14.3. The fraction of sp³-hybridized carbons (Fsp3) is 0.649. The van der Waals surface area contributed by atoms with E-state index in [0.29, 0.717) is 19.3 Å². The van der Waals surface area contributed by atoms with E-state index in [1.165, 1.54) is 103 Å². The molecule has 0 heterocycles. The summed E-state index contributed by atoms with van der Waals surface area (Å²) in [5, 5.41) is 0. The van der Waals surface area contributed by atoms with Crippen molar-refractivity contribution in [2.75, 3.05) is 13.2 Å². The summed E-state index contributed by atoms with van der Waals surface area (Å²) in [5.74, 6) is -0.909. The molecule has 6 heteroatoms. The topological polar surface area (TPSA) is 78.9 Å². The molecule has 0 aromatic carbocycles. The highest BCUT2D eigenvalue weighted by molar-refractivity contribution is 5.71. The van der Waals surface area contributed by atoms with Crippen LogP contribution in [0.15, 0.2) is 146 Å². The van der Waals surface area contributed by atoms with Crippen LogP contribution in [0.5, 0.6) is 0 Å². The lowest BCUT2D eigenvalue weighted by atomic mass is 10.0. The van der Waals surface area contributed by atoms with Gasteiger partial charge in [0.05, 0.1) is 0 Å². The maximum absolute atomic E-state index is 12.9. The SMILES string of the molecule is CC/C=C\C/C=C\C/C=C\C/C=C\C/C=C\C/C=C\C/C=C\CCCCCCCCCCCC(=O)OCC(COC(=O)CCCCCCCCCCCCCCC)OC(=O)CCCCCCC/C=C\C/C=C\C/C=C\C/C=C\C/C=C\CC. The molecule has 1 unspecified atom stereocenters. The van der Waals surface area contributed by atoms with E-state index in [-0.39, 0.29) is 31.1 Å². The van der Waals surface area contributed by atoms with E-state index in [1.54, 1.807) is 0 Å². The molecule has 0 bridgehead atoms. The number of allylic oxidation sites excluding steroid dienone is 24. The number of hydrogen-bond acceptors (Lipinski definition) is 6. The van der Waals surface area contributed by atoms with Gasteiger partial charge >= 0.3 is 17.9 Å². The Morgan fingerprint density at radius 3 is 0.735 bits per heavy atom. The Bertz CT molecular complexity index is 1800. The molecule has 0 aliphatic carbocycles. The Kier molecular flexibility index (Phi) is 65.8. The van der Waals surface area contributed by atoms with Gasteiger partial charge in [0.2, 0.25) is 0 Å². The van der Waals surface area contributed by atoms with Gasteiger partial charge in [-0.1, -0.05) is 308 Å². The van der Waals surface area contributed by atoms with Gasteiger partial charge in [-0.05, 0) is 122 Å². The van der Waals surface area contributed by atoms with Gasteiger partial charge in [0, 0.05) is 19.3 Å². The van der Waals surface area contributed by atoms with Crippen LogP contribution in [0.4, 0.5) is 0 Å². The lowest BCUT2D eigenvalue weighted by Crippen LogP contribution is -2.30. The number of ether oxygens (including phenoxy) is 3. The molecule has 0 radical (unpaired) electrons. The molecule has 0 saturated carbocycles. The van der Waals surface area contributed by atoms with Crippen molar-refractivity contribution >= 4 is 17.9 Å². The van der Waals surface area contributed by atoms with E-state index < -0.39 is 6.10 Å². The van der Waals surface area contributed by atoms with Crippen molar-refractivity contribution in [3.63, 3.8) is 0 Å². The van der Waals surface area contributed by atoms with Gasteiger partial charge in [-0.2, -0.15) is 0 Å². The van der Waals surface area contributed by atoms with E-state index >= 15 is 0 Å². The fourth-order valence-corrected chi connectivity index (χ4v) is 9.27. The molecule has 0 spiro atoms. The van der Waals surface area contributed by atoms with Crippen LogP contribution in [-0.2, 0) is 28.6 Å². The smallest absolute Gasteiger partial charge is 0.306 e. The Balaban J connectivity index is 4.35. The van der Waals surface area contributed by atoms with Crippen molar-refractivity contribution in [3.05, 3.63) is 146 Å². The highest BCUT2D eigenvalue weighted by atomic mass is 16.6. The van der Waals surface area contributed by atoms with Crippen molar-refractivity contribution in [1.82, 2.24) is 0 Å². The summed E-state index contributed by atoms with van der Waals surface area (Å²) in [6.45, 7) is 6.41. The number of rotatable bonds is 61. The summed E-state index contributed by atoms with van der Waals surface area (Å²) in [4.78, 5) is 38.4. The monoisotopic (exact) mass is 1150 g/mol. The molecule has 6 nitrogen and oxygen atoms in total. The molecule has 470 valence electrons. The molecule has 0 rings (SSSR count). The van der Waals surface area contributed by atoms with Gasteiger partial charge in [0.15, 0.2) is 6.10 Å². The normalized spacial score (nSPS) is 13.0. The Hall–Kier alpha value is -4.71. The third kappa shape index (κ3) is 68.0. The molecule has 0 aromatic heterocycles. The summed E-state index contributed by atoms with van der Waals surface area (Å²) < 4.78 is 16.9. The maximum atomic E-state index is 12.9. The molecule has 83 heavy (non-hydrogen) atoms. The van der Waals surface area contributed by atoms with Crippen LogP contribution in [0.2, 0.25) is 0 Å². The maximum Gasteiger partial charge on any atom is 0.306 e. The minimum atomic E-state index is -0.796. The summed E-state index contributed by atoms with van der Waals surface area (Å²) in [6.07, 6.45) is 100.0. The van der Waals surface area contributed by atoms with Crippen LogP contribution >= 0.6 is 0 Å². The Morgan fingerprint density at radius 1 is 0.253 bits per heavy atom. The van der Waals surface area contributed by atoms with Crippen LogP contribution < -0.4 is 0 Å². The first-order valence-corrected chi connectivity index (χ1v) is 34.3. The van der Waals surface area contributed by atoms with Crippen molar-refractivity contribution in [1.29, 1.82) is 0 Å². The average Bonchev–Trinajstić information content (AvgIpc) is 3.49. The highest BCUT2D eigenvalue weighted by Crippen LogP contribution is 2.16. The van der Waals surface area contributed by atoms with Gasteiger partial charge in [-0.25, -0.2) is 0 Å². The van der Waals surface area contributed by atoms with Gasteiger partial charge < -0.3 is 14.2 Å². The zero-order chi connectivity index (χ0) is 59.9. The van der Waals surface area contributed by atoms with Gasteiger partial charge in [0.1, 0.15) is 13.2 Å². The van der Waals surface area contributed by atoms with E-state index in [1.807, 2.05) is 0 Å².